The topological polar surface area (TPSA) is 25.8 Å². The van der Waals surface area contributed by atoms with Gasteiger partial charge in [-0.3, -0.25) is 0 Å². The van der Waals surface area contributed by atoms with E-state index in [1.165, 1.54) is 6.33 Å². The van der Waals surface area contributed by atoms with Gasteiger partial charge in [-0.25, -0.2) is 18.7 Å². The Bertz CT molecular complexity index is 714. The summed E-state index contributed by atoms with van der Waals surface area (Å²) in [5.74, 6) is -0.247. The number of rotatable bonds is 4. The van der Waals surface area contributed by atoms with Gasteiger partial charge in [-0.2, -0.15) is 0 Å². The van der Waals surface area contributed by atoms with Gasteiger partial charge >= 0.3 is 0 Å². The average Bonchev–Trinajstić information content (AvgIpc) is 2.90. The third-order valence-corrected chi connectivity index (χ3v) is 4.81. The van der Waals surface area contributed by atoms with Crippen molar-refractivity contribution >= 4 is 33.3 Å². The molecule has 3 rings (SSSR count). The van der Waals surface area contributed by atoms with Gasteiger partial charge in [-0.1, -0.05) is 42.1 Å². The lowest BCUT2D eigenvalue weighted by Gasteiger charge is -2.00. The van der Waals surface area contributed by atoms with Crippen LogP contribution < -0.4 is 0 Å². The van der Waals surface area contributed by atoms with E-state index in [-0.39, 0.29) is 5.75 Å². The molecule has 3 aromatic rings. The lowest BCUT2D eigenvalue weighted by molar-refractivity contribution is 0.177. The Labute approximate surface area is 122 Å². The summed E-state index contributed by atoms with van der Waals surface area (Å²) in [5.41, 5.74) is 1.10. The zero-order valence-corrected chi connectivity index (χ0v) is 11.9. The van der Waals surface area contributed by atoms with Gasteiger partial charge in [-0.15, -0.1) is 11.3 Å². The third-order valence-electron chi connectivity index (χ3n) is 2.70. The maximum Gasteiger partial charge on any atom is 0.247 e. The highest BCUT2D eigenvalue weighted by atomic mass is 32.2. The fraction of sp³-hybridized carbons (Fsp3) is 0.143. The standard InChI is InChI=1S/C14H10F2N2S2/c15-12(16)7-19-13-10-6-11(9-4-2-1-3-5-9)20-14(10)18-8-17-13/h1-6,8,12H,7H2. The van der Waals surface area contributed by atoms with Crippen molar-refractivity contribution in [3.8, 4) is 10.4 Å². The first-order valence-electron chi connectivity index (χ1n) is 5.95. The molecule has 6 heteroatoms. The predicted octanol–water partition coefficient (Wildman–Crippen LogP) is 4.72. The molecule has 0 atom stereocenters. The van der Waals surface area contributed by atoms with Crippen LogP contribution in [0.4, 0.5) is 8.78 Å². The second-order valence-corrected chi connectivity index (χ2v) is 6.12. The fourth-order valence-corrected chi connectivity index (χ4v) is 3.62. The molecule has 2 aromatic heterocycles. The average molecular weight is 308 g/mol. The van der Waals surface area contributed by atoms with E-state index in [4.69, 9.17) is 0 Å². The van der Waals surface area contributed by atoms with Gasteiger partial charge in [0.1, 0.15) is 16.2 Å². The number of alkyl halides is 2. The summed E-state index contributed by atoms with van der Waals surface area (Å²) in [7, 11) is 0. The van der Waals surface area contributed by atoms with Crippen molar-refractivity contribution < 1.29 is 8.78 Å². The van der Waals surface area contributed by atoms with Gasteiger partial charge in [0.05, 0.1) is 5.75 Å². The highest BCUT2D eigenvalue weighted by Crippen LogP contribution is 2.36. The molecule has 0 radical (unpaired) electrons. The summed E-state index contributed by atoms with van der Waals surface area (Å²) in [6.07, 6.45) is -0.904. The molecule has 0 unspecified atom stereocenters. The van der Waals surface area contributed by atoms with Crippen LogP contribution >= 0.6 is 23.1 Å². The molecule has 0 spiro atoms. The van der Waals surface area contributed by atoms with Crippen molar-refractivity contribution in [1.82, 2.24) is 9.97 Å². The van der Waals surface area contributed by atoms with Crippen LogP contribution in [0, 0.1) is 0 Å². The lowest BCUT2D eigenvalue weighted by atomic mass is 10.2. The normalized spacial score (nSPS) is 11.3. The Morgan fingerprint density at radius 2 is 1.95 bits per heavy atom. The van der Waals surface area contributed by atoms with Crippen LogP contribution in [0.15, 0.2) is 47.8 Å². The first kappa shape index (κ1) is 13.5. The lowest BCUT2D eigenvalue weighted by Crippen LogP contribution is -1.94. The molecule has 0 aliphatic carbocycles. The largest absolute Gasteiger partial charge is 0.247 e. The summed E-state index contributed by atoms with van der Waals surface area (Å²) >= 11 is 2.62. The molecular weight excluding hydrogens is 298 g/mol. The number of thiophene rings is 1. The van der Waals surface area contributed by atoms with Crippen molar-refractivity contribution in [1.29, 1.82) is 0 Å². The van der Waals surface area contributed by atoms with E-state index in [2.05, 4.69) is 9.97 Å². The first-order chi connectivity index (χ1) is 9.74. The first-order valence-corrected chi connectivity index (χ1v) is 7.75. The molecule has 102 valence electrons. The molecule has 0 fully saturated rings. The Hall–Kier alpha value is -1.53. The van der Waals surface area contributed by atoms with Crippen molar-refractivity contribution in [2.24, 2.45) is 0 Å². The SMILES string of the molecule is FC(F)CSc1ncnc2sc(-c3ccccc3)cc12. The van der Waals surface area contributed by atoms with Gasteiger partial charge in [-0.05, 0) is 11.6 Å². The monoisotopic (exact) mass is 308 g/mol. The van der Waals surface area contributed by atoms with E-state index in [0.717, 1.165) is 32.4 Å². The number of hydrogen-bond donors (Lipinski definition) is 0. The summed E-state index contributed by atoms with van der Waals surface area (Å²) in [5, 5.41) is 1.47. The van der Waals surface area contributed by atoms with Crippen LogP contribution in [0.2, 0.25) is 0 Å². The van der Waals surface area contributed by atoms with Crippen LogP contribution in [0.5, 0.6) is 0 Å². The number of aromatic nitrogens is 2. The Kier molecular flexibility index (Phi) is 3.93. The van der Waals surface area contributed by atoms with Crippen molar-refractivity contribution in [3.05, 3.63) is 42.7 Å². The molecule has 1 aromatic carbocycles. The molecular formula is C14H10F2N2S2. The number of halogens is 2. The fourth-order valence-electron chi connectivity index (χ4n) is 1.84. The van der Waals surface area contributed by atoms with Gasteiger partial charge < -0.3 is 0 Å². The van der Waals surface area contributed by atoms with Crippen molar-refractivity contribution in [2.45, 2.75) is 11.5 Å². The zero-order valence-electron chi connectivity index (χ0n) is 10.3. The van der Waals surface area contributed by atoms with Crippen LogP contribution in [0.1, 0.15) is 0 Å². The van der Waals surface area contributed by atoms with E-state index < -0.39 is 6.43 Å². The van der Waals surface area contributed by atoms with Crippen molar-refractivity contribution in [2.75, 3.05) is 5.75 Å². The maximum absolute atomic E-state index is 12.3. The minimum Gasteiger partial charge on any atom is -0.229 e. The highest BCUT2D eigenvalue weighted by Gasteiger charge is 2.12. The Balaban J connectivity index is 2.00. The number of benzene rings is 1. The number of thioether (sulfide) groups is 1. The van der Waals surface area contributed by atoms with Crippen LogP contribution in [-0.2, 0) is 0 Å². The zero-order chi connectivity index (χ0) is 13.9. The van der Waals surface area contributed by atoms with Gasteiger partial charge in [0.25, 0.3) is 0 Å². The quantitative estimate of drug-likeness (QED) is 0.515. The summed E-state index contributed by atoms with van der Waals surface area (Å²) in [4.78, 5) is 10.2. The van der Waals surface area contributed by atoms with E-state index in [0.29, 0.717) is 5.03 Å². The summed E-state index contributed by atoms with van der Waals surface area (Å²) < 4.78 is 24.7. The molecule has 2 heterocycles. The van der Waals surface area contributed by atoms with Crippen LogP contribution in [-0.4, -0.2) is 22.1 Å². The number of hydrogen-bond acceptors (Lipinski definition) is 4. The number of fused-ring (bicyclic) bond motifs is 1. The van der Waals surface area contributed by atoms with E-state index in [1.54, 1.807) is 11.3 Å². The van der Waals surface area contributed by atoms with Crippen molar-refractivity contribution in [3.63, 3.8) is 0 Å². The minimum atomic E-state index is -2.34. The summed E-state index contributed by atoms with van der Waals surface area (Å²) in [6, 6.07) is 11.9. The molecule has 0 saturated heterocycles. The summed E-state index contributed by atoms with van der Waals surface area (Å²) in [6.45, 7) is 0. The second-order valence-electron chi connectivity index (χ2n) is 4.08. The number of nitrogens with zero attached hydrogens (tertiary/aromatic N) is 2. The van der Waals surface area contributed by atoms with Gasteiger partial charge in [0.15, 0.2) is 0 Å². The second kappa shape index (κ2) is 5.85. The Morgan fingerprint density at radius 3 is 2.70 bits per heavy atom. The molecule has 0 N–H and O–H groups in total. The van der Waals surface area contributed by atoms with E-state index >= 15 is 0 Å². The van der Waals surface area contributed by atoms with Crippen LogP contribution in [0.25, 0.3) is 20.7 Å². The third kappa shape index (κ3) is 2.81. The molecule has 0 aliphatic heterocycles. The molecule has 20 heavy (non-hydrogen) atoms. The predicted molar refractivity (Wildman–Crippen MR) is 79.6 cm³/mol. The van der Waals surface area contributed by atoms with Crippen LogP contribution in [0.3, 0.4) is 0 Å². The minimum absolute atomic E-state index is 0.247. The smallest absolute Gasteiger partial charge is 0.229 e. The molecule has 0 aliphatic rings. The van der Waals surface area contributed by atoms with Gasteiger partial charge in [0, 0.05) is 10.3 Å². The van der Waals surface area contributed by atoms with Gasteiger partial charge in [0.2, 0.25) is 6.43 Å². The Morgan fingerprint density at radius 1 is 1.15 bits per heavy atom. The molecule has 0 saturated carbocycles. The molecule has 0 amide bonds. The molecule has 0 bridgehead atoms. The molecule has 2 nitrogen and oxygen atoms in total. The van der Waals surface area contributed by atoms with E-state index in [9.17, 15) is 8.78 Å². The van der Waals surface area contributed by atoms with E-state index in [1.807, 2.05) is 36.4 Å². The maximum atomic E-state index is 12.3. The highest BCUT2D eigenvalue weighted by molar-refractivity contribution is 7.99.